The van der Waals surface area contributed by atoms with Gasteiger partial charge in [-0.1, -0.05) is 56.3 Å². The first-order chi connectivity index (χ1) is 8.72. The Morgan fingerprint density at radius 2 is 1.33 bits per heavy atom. The van der Waals surface area contributed by atoms with Crippen molar-refractivity contribution in [2.45, 2.75) is 20.3 Å². The number of fused-ring (bicyclic) bond motifs is 2. The molecule has 0 amide bonds. The molecule has 1 radical (unpaired) electrons. The van der Waals surface area contributed by atoms with Crippen LogP contribution in [0.5, 0.6) is 0 Å². The normalized spacial score (nSPS) is 11.5. The van der Waals surface area contributed by atoms with Gasteiger partial charge in [-0.3, -0.25) is 0 Å². The molecule has 0 saturated carbocycles. The number of benzene rings is 3. The lowest BCUT2D eigenvalue weighted by atomic mass is 9.98. The molecule has 3 aromatic carbocycles. The van der Waals surface area contributed by atoms with Crippen molar-refractivity contribution in [1.82, 2.24) is 0 Å². The fourth-order valence-electron chi connectivity index (χ4n) is 2.51. The van der Waals surface area contributed by atoms with Crippen molar-refractivity contribution in [2.75, 3.05) is 0 Å². The highest BCUT2D eigenvalue weighted by atomic mass is 14.1. The predicted octanol–water partition coefficient (Wildman–Crippen LogP) is 5.15. The molecule has 0 N–H and O–H groups in total. The Morgan fingerprint density at radius 1 is 0.722 bits per heavy atom. The first-order valence-corrected chi connectivity index (χ1v) is 6.43. The average molecular weight is 233 g/mol. The zero-order valence-electron chi connectivity index (χ0n) is 10.9. The smallest absolute Gasteiger partial charge is 0.0175 e. The third kappa shape index (κ3) is 2.11. The minimum absolute atomic E-state index is 1.07. The van der Waals surface area contributed by atoms with E-state index in [1.165, 1.54) is 33.0 Å². The Hall–Kier alpha value is -1.82. The molecular weight excluding hydrogens is 216 g/mol. The van der Waals surface area contributed by atoms with Gasteiger partial charge in [-0.05, 0) is 51.6 Å². The van der Waals surface area contributed by atoms with Gasteiger partial charge in [0.2, 0.25) is 0 Å². The van der Waals surface area contributed by atoms with Crippen LogP contribution in [-0.2, 0) is 6.42 Å². The summed E-state index contributed by atoms with van der Waals surface area (Å²) in [5.74, 6) is 1.45. The highest BCUT2D eigenvalue weighted by molar-refractivity contribution is 5.98. The van der Waals surface area contributed by atoms with Gasteiger partial charge in [0, 0.05) is 0 Å². The van der Waals surface area contributed by atoms with Crippen LogP contribution >= 0.6 is 0 Å². The molecule has 0 spiro atoms. The van der Waals surface area contributed by atoms with E-state index in [2.05, 4.69) is 68.4 Å². The number of hydrogen-bond acceptors (Lipinski definition) is 0. The quantitative estimate of drug-likeness (QED) is 0.537. The molecule has 0 heteroatoms. The molecule has 89 valence electrons. The first kappa shape index (κ1) is 11.3. The summed E-state index contributed by atoms with van der Waals surface area (Å²) in [5, 5.41) is 5.30. The Labute approximate surface area is 108 Å². The van der Waals surface area contributed by atoms with Crippen LogP contribution in [0.15, 0.2) is 54.6 Å². The van der Waals surface area contributed by atoms with Gasteiger partial charge in [0.15, 0.2) is 0 Å². The molecule has 0 atom stereocenters. The van der Waals surface area contributed by atoms with E-state index >= 15 is 0 Å². The van der Waals surface area contributed by atoms with Crippen LogP contribution in [0.2, 0.25) is 0 Å². The lowest BCUT2D eigenvalue weighted by Crippen LogP contribution is -1.91. The zero-order chi connectivity index (χ0) is 12.5. The maximum Gasteiger partial charge on any atom is -0.0175 e. The Morgan fingerprint density at radius 3 is 2.00 bits per heavy atom. The zero-order valence-corrected chi connectivity index (χ0v) is 10.9. The van der Waals surface area contributed by atoms with Crippen LogP contribution in [-0.4, -0.2) is 0 Å². The Balaban J connectivity index is 2.18. The second-order valence-corrected chi connectivity index (χ2v) is 5.26. The van der Waals surface area contributed by atoms with Crippen LogP contribution < -0.4 is 0 Å². The third-order valence-corrected chi connectivity index (χ3v) is 3.33. The molecule has 0 aliphatic carbocycles. The molecule has 0 nitrogen and oxygen atoms in total. The molecule has 0 aliphatic heterocycles. The van der Waals surface area contributed by atoms with E-state index < -0.39 is 0 Å². The Bertz CT molecular complexity index is 693. The molecule has 0 fully saturated rings. The number of rotatable bonds is 2. The van der Waals surface area contributed by atoms with Crippen molar-refractivity contribution in [1.29, 1.82) is 0 Å². The third-order valence-electron chi connectivity index (χ3n) is 3.33. The summed E-state index contributed by atoms with van der Waals surface area (Å²) < 4.78 is 0. The summed E-state index contributed by atoms with van der Waals surface area (Å²) in [6, 6.07) is 19.9. The summed E-state index contributed by atoms with van der Waals surface area (Å²) in [4.78, 5) is 0. The monoisotopic (exact) mass is 233 g/mol. The van der Waals surface area contributed by atoms with Crippen LogP contribution in [0, 0.1) is 5.92 Å². The molecule has 0 aliphatic rings. The van der Waals surface area contributed by atoms with Crippen molar-refractivity contribution in [2.24, 2.45) is 0 Å². The van der Waals surface area contributed by atoms with Crippen molar-refractivity contribution in [3.8, 4) is 0 Å². The summed E-state index contributed by atoms with van der Waals surface area (Å²) in [6.45, 7) is 4.37. The van der Waals surface area contributed by atoms with Crippen molar-refractivity contribution >= 4 is 21.5 Å². The fraction of sp³-hybridized carbons (Fsp3) is 0.167. The first-order valence-electron chi connectivity index (χ1n) is 6.43. The summed E-state index contributed by atoms with van der Waals surface area (Å²) in [6.07, 6.45) is 1.07. The molecular formula is C18H17. The van der Waals surface area contributed by atoms with Gasteiger partial charge in [-0.15, -0.1) is 0 Å². The van der Waals surface area contributed by atoms with Gasteiger partial charge in [-0.25, -0.2) is 0 Å². The van der Waals surface area contributed by atoms with E-state index in [9.17, 15) is 0 Å². The SMILES string of the molecule is C[C](C)Cc1ccc2cc3ccccc3cc2c1. The summed E-state index contributed by atoms with van der Waals surface area (Å²) >= 11 is 0. The van der Waals surface area contributed by atoms with Gasteiger partial charge >= 0.3 is 0 Å². The lowest BCUT2D eigenvalue weighted by molar-refractivity contribution is 0.959. The molecule has 3 rings (SSSR count). The van der Waals surface area contributed by atoms with Gasteiger partial charge in [0.1, 0.15) is 0 Å². The molecule has 0 aromatic heterocycles. The molecule has 0 heterocycles. The predicted molar refractivity (Wildman–Crippen MR) is 79.7 cm³/mol. The second-order valence-electron chi connectivity index (χ2n) is 5.26. The molecule has 0 unspecified atom stereocenters. The van der Waals surface area contributed by atoms with Crippen molar-refractivity contribution in [3.63, 3.8) is 0 Å². The fourth-order valence-corrected chi connectivity index (χ4v) is 2.51. The van der Waals surface area contributed by atoms with Crippen molar-refractivity contribution < 1.29 is 0 Å². The summed E-state index contributed by atoms with van der Waals surface area (Å²) in [7, 11) is 0. The minimum Gasteiger partial charge on any atom is -0.0616 e. The molecule has 3 aromatic rings. The average Bonchev–Trinajstić information content (AvgIpc) is 2.35. The number of hydrogen-bond donors (Lipinski definition) is 0. The van der Waals surface area contributed by atoms with Crippen LogP contribution in [0.25, 0.3) is 21.5 Å². The van der Waals surface area contributed by atoms with E-state index in [1.54, 1.807) is 0 Å². The summed E-state index contributed by atoms with van der Waals surface area (Å²) in [5.41, 5.74) is 1.40. The van der Waals surface area contributed by atoms with Gasteiger partial charge in [0.25, 0.3) is 0 Å². The lowest BCUT2D eigenvalue weighted by Gasteiger charge is -2.07. The largest absolute Gasteiger partial charge is 0.0616 e. The maximum absolute atomic E-state index is 2.31. The van der Waals surface area contributed by atoms with E-state index in [1.807, 2.05) is 0 Å². The topological polar surface area (TPSA) is 0 Å². The van der Waals surface area contributed by atoms with E-state index in [0.29, 0.717) is 0 Å². The van der Waals surface area contributed by atoms with E-state index in [-0.39, 0.29) is 0 Å². The Kier molecular flexibility index (Phi) is 2.79. The van der Waals surface area contributed by atoms with E-state index in [4.69, 9.17) is 0 Å². The van der Waals surface area contributed by atoms with Crippen molar-refractivity contribution in [3.05, 3.63) is 66.1 Å². The van der Waals surface area contributed by atoms with E-state index in [0.717, 1.165) is 6.42 Å². The van der Waals surface area contributed by atoms with Crippen LogP contribution in [0.3, 0.4) is 0 Å². The standard InChI is InChI=1S/C18H17/c1-13(2)9-14-7-8-17-11-15-5-3-4-6-16(15)12-18(17)10-14/h3-8,10-12H,9H2,1-2H3. The highest BCUT2D eigenvalue weighted by Gasteiger charge is 2.01. The minimum atomic E-state index is 1.07. The van der Waals surface area contributed by atoms with Crippen LogP contribution in [0.4, 0.5) is 0 Å². The van der Waals surface area contributed by atoms with Crippen LogP contribution in [0.1, 0.15) is 19.4 Å². The van der Waals surface area contributed by atoms with Gasteiger partial charge < -0.3 is 0 Å². The molecule has 18 heavy (non-hydrogen) atoms. The molecule has 0 saturated heterocycles. The maximum atomic E-state index is 2.31. The second kappa shape index (κ2) is 4.45. The van der Waals surface area contributed by atoms with Gasteiger partial charge in [-0.2, -0.15) is 0 Å². The molecule has 0 bridgehead atoms. The van der Waals surface area contributed by atoms with Gasteiger partial charge in [0.05, 0.1) is 0 Å². The highest BCUT2D eigenvalue weighted by Crippen LogP contribution is 2.24.